The molecule has 2 saturated heterocycles. The number of benzene rings is 1. The van der Waals surface area contributed by atoms with Gasteiger partial charge in [-0.25, -0.2) is 0 Å². The van der Waals surface area contributed by atoms with Crippen molar-refractivity contribution in [2.45, 2.75) is 49.5 Å². The Morgan fingerprint density at radius 3 is 2.83 bits per heavy atom. The molecule has 1 spiro atoms. The van der Waals surface area contributed by atoms with Crippen LogP contribution in [0.25, 0.3) is 0 Å². The molecule has 3 fully saturated rings. The molecule has 0 N–H and O–H groups in total. The van der Waals surface area contributed by atoms with Gasteiger partial charge in [0.05, 0.1) is 26.6 Å². The number of epoxide rings is 2. The molecule has 4 rings (SSSR count). The first-order chi connectivity index (χ1) is 12.7. The number of methoxy groups -OCH3 is 1. The average molecular weight is 335 g/mol. The summed E-state index contributed by atoms with van der Waals surface area (Å²) in [5, 5.41) is 0. The molecule has 5 heteroatoms. The van der Waals surface area contributed by atoms with Crippen LogP contribution in [0.1, 0.15) is 30.3 Å². The van der Waals surface area contributed by atoms with Crippen LogP contribution < -0.4 is 4.74 Å². The molecule has 5 nitrogen and oxygen atoms in total. The van der Waals surface area contributed by atoms with Crippen LogP contribution in [0.2, 0.25) is 0 Å². The van der Waals surface area contributed by atoms with Crippen LogP contribution in [0.15, 0.2) is 30.3 Å². The molecular weight excluding hydrogens is 308 g/mol. The normalized spacial score (nSPS) is 47.6. The number of Topliss-reactive ketones (excluding diaryl/α,β-unsaturated/α-hetero) is 1. The SMILES string of the molecule is [2H]C1([2H])C[C@]2(CO2)[C@@H]([C@]2(C)O[C@@H]2CCOc2ccccc2)[C@]([2H])(OC)C1=O. The second-order valence-electron chi connectivity index (χ2n) is 6.78. The van der Waals surface area contributed by atoms with Crippen molar-refractivity contribution in [3.05, 3.63) is 30.3 Å². The van der Waals surface area contributed by atoms with Crippen molar-refractivity contribution in [2.75, 3.05) is 20.3 Å². The summed E-state index contributed by atoms with van der Waals surface area (Å²) < 4.78 is 47.3. The molecule has 2 heterocycles. The third-order valence-corrected chi connectivity index (χ3v) is 5.24. The average Bonchev–Trinajstić information content (AvgIpc) is 3.52. The van der Waals surface area contributed by atoms with Crippen molar-refractivity contribution in [3.8, 4) is 5.75 Å². The Kier molecular flexibility index (Phi) is 3.12. The van der Waals surface area contributed by atoms with Crippen molar-refractivity contribution >= 4 is 5.78 Å². The summed E-state index contributed by atoms with van der Waals surface area (Å²) in [7, 11) is 1.27. The van der Waals surface area contributed by atoms with E-state index >= 15 is 0 Å². The van der Waals surface area contributed by atoms with E-state index in [1.165, 1.54) is 7.11 Å². The molecular formula is C19H24O5. The molecule has 0 aromatic heterocycles. The van der Waals surface area contributed by atoms with Crippen molar-refractivity contribution in [1.82, 2.24) is 0 Å². The van der Waals surface area contributed by atoms with Crippen LogP contribution in [-0.2, 0) is 19.0 Å². The second-order valence-corrected chi connectivity index (χ2v) is 6.78. The monoisotopic (exact) mass is 335 g/mol. The molecule has 1 aromatic rings. The summed E-state index contributed by atoms with van der Waals surface area (Å²) >= 11 is 0. The van der Waals surface area contributed by atoms with Gasteiger partial charge in [-0.3, -0.25) is 4.79 Å². The third kappa shape index (κ3) is 2.65. The van der Waals surface area contributed by atoms with E-state index in [1.807, 2.05) is 37.3 Å². The van der Waals surface area contributed by atoms with Gasteiger partial charge in [0.2, 0.25) is 0 Å². The number of carbonyl (C=O) groups is 1. The van der Waals surface area contributed by atoms with E-state index in [0.29, 0.717) is 19.6 Å². The maximum Gasteiger partial charge on any atom is 0.162 e. The lowest BCUT2D eigenvalue weighted by atomic mass is 9.69. The fraction of sp³-hybridized carbons (Fsp3) is 0.632. The zero-order chi connectivity index (χ0) is 19.5. The summed E-state index contributed by atoms with van der Waals surface area (Å²) in [6.45, 7) is 2.60. The van der Waals surface area contributed by atoms with Gasteiger partial charge in [-0.2, -0.15) is 0 Å². The van der Waals surface area contributed by atoms with Gasteiger partial charge in [0.25, 0.3) is 0 Å². The van der Waals surface area contributed by atoms with Crippen LogP contribution in [0.5, 0.6) is 5.75 Å². The van der Waals surface area contributed by atoms with Crippen molar-refractivity contribution in [2.24, 2.45) is 5.92 Å². The van der Waals surface area contributed by atoms with Gasteiger partial charge in [0, 0.05) is 22.6 Å². The van der Waals surface area contributed by atoms with Gasteiger partial charge in [-0.15, -0.1) is 0 Å². The van der Waals surface area contributed by atoms with Gasteiger partial charge in [-0.1, -0.05) is 18.2 Å². The molecule has 2 aliphatic heterocycles. The Balaban J connectivity index is 1.49. The highest BCUT2D eigenvalue weighted by molar-refractivity contribution is 5.85. The van der Waals surface area contributed by atoms with E-state index < -0.39 is 35.4 Å². The van der Waals surface area contributed by atoms with E-state index in [1.54, 1.807) is 0 Å². The molecule has 3 aliphatic rings. The van der Waals surface area contributed by atoms with Gasteiger partial charge in [0.15, 0.2) is 5.78 Å². The predicted octanol–water partition coefficient (Wildman–Crippen LogP) is 2.38. The predicted molar refractivity (Wildman–Crippen MR) is 87.0 cm³/mol. The first-order valence-electron chi connectivity index (χ1n) is 9.78. The first kappa shape index (κ1) is 12.9. The summed E-state index contributed by atoms with van der Waals surface area (Å²) in [4.78, 5) is 12.7. The topological polar surface area (TPSA) is 60.6 Å². The van der Waals surface area contributed by atoms with Crippen LogP contribution >= 0.6 is 0 Å². The largest absolute Gasteiger partial charge is 0.493 e. The van der Waals surface area contributed by atoms with Crippen LogP contribution in [0.4, 0.5) is 0 Å². The number of para-hydroxylation sites is 1. The van der Waals surface area contributed by atoms with E-state index in [4.69, 9.17) is 23.1 Å². The van der Waals surface area contributed by atoms with Gasteiger partial charge in [-0.05, 0) is 25.5 Å². The van der Waals surface area contributed by atoms with Gasteiger partial charge >= 0.3 is 0 Å². The number of hydrogen-bond acceptors (Lipinski definition) is 5. The highest BCUT2D eigenvalue weighted by atomic mass is 16.6. The molecule has 24 heavy (non-hydrogen) atoms. The lowest BCUT2D eigenvalue weighted by Gasteiger charge is -2.37. The molecule has 1 aliphatic carbocycles. The van der Waals surface area contributed by atoms with E-state index in [-0.39, 0.29) is 12.5 Å². The standard InChI is InChI=1S/C19H24O5/c1-18(15(24-18)9-11-22-13-6-4-3-5-7-13)17-16(21-2)14(20)8-10-19(17)12-23-19/h3-7,15-17H,8-12H2,1-2H3/t15-,16-,17-,18-,19+/m1/s1/i8D2,16D. The molecule has 0 radical (unpaired) electrons. The lowest BCUT2D eigenvalue weighted by molar-refractivity contribution is -0.142. The summed E-state index contributed by atoms with van der Waals surface area (Å²) in [6.07, 6.45) is -3.87. The number of ketones is 1. The number of hydrogen-bond donors (Lipinski definition) is 0. The fourth-order valence-electron chi connectivity index (χ4n) is 3.82. The Bertz CT molecular complexity index is 738. The minimum atomic E-state index is -2.15. The van der Waals surface area contributed by atoms with E-state index in [2.05, 4.69) is 0 Å². The lowest BCUT2D eigenvalue weighted by Crippen LogP contribution is -2.53. The minimum Gasteiger partial charge on any atom is -0.493 e. The van der Waals surface area contributed by atoms with Crippen molar-refractivity contribution < 1.29 is 27.9 Å². The highest BCUT2D eigenvalue weighted by Crippen LogP contribution is 2.58. The smallest absolute Gasteiger partial charge is 0.162 e. The van der Waals surface area contributed by atoms with E-state index in [9.17, 15) is 4.79 Å². The summed E-state index contributed by atoms with van der Waals surface area (Å²) in [5.74, 6) is -0.783. The maximum atomic E-state index is 12.7. The Morgan fingerprint density at radius 1 is 1.42 bits per heavy atom. The Labute approximate surface area is 146 Å². The summed E-state index contributed by atoms with van der Waals surface area (Å²) in [5.41, 5.74) is -1.68. The number of carbonyl (C=O) groups excluding carboxylic acids is 1. The fourth-order valence-corrected chi connectivity index (χ4v) is 3.82. The Morgan fingerprint density at radius 2 is 2.17 bits per heavy atom. The molecule has 1 aromatic carbocycles. The summed E-state index contributed by atoms with van der Waals surface area (Å²) in [6, 6.07) is 9.47. The molecule has 5 atom stereocenters. The van der Waals surface area contributed by atoms with Gasteiger partial charge < -0.3 is 18.9 Å². The van der Waals surface area contributed by atoms with Crippen molar-refractivity contribution in [1.29, 1.82) is 0 Å². The molecule has 0 amide bonds. The first-order valence-corrected chi connectivity index (χ1v) is 8.28. The highest BCUT2D eigenvalue weighted by Gasteiger charge is 2.71. The second kappa shape index (κ2) is 5.83. The Hall–Kier alpha value is -1.43. The molecule has 1 saturated carbocycles. The van der Waals surface area contributed by atoms with Crippen LogP contribution in [-0.4, -0.2) is 49.5 Å². The minimum absolute atomic E-state index is 0.0698. The van der Waals surface area contributed by atoms with Crippen molar-refractivity contribution in [3.63, 3.8) is 0 Å². The maximum absolute atomic E-state index is 12.7. The molecule has 0 bridgehead atoms. The molecule has 0 unspecified atom stereocenters. The quantitative estimate of drug-likeness (QED) is 0.747. The van der Waals surface area contributed by atoms with Crippen LogP contribution in [0, 0.1) is 5.92 Å². The zero-order valence-electron chi connectivity index (χ0n) is 16.9. The van der Waals surface area contributed by atoms with Gasteiger partial charge in [0.1, 0.15) is 23.0 Å². The third-order valence-electron chi connectivity index (χ3n) is 5.24. The number of ether oxygens (including phenoxy) is 4. The number of rotatable bonds is 6. The van der Waals surface area contributed by atoms with E-state index in [0.717, 1.165) is 5.75 Å². The zero-order valence-corrected chi connectivity index (χ0v) is 13.9. The van der Waals surface area contributed by atoms with Crippen LogP contribution in [0.3, 0.4) is 0 Å². The molecule has 130 valence electrons.